The third-order valence-electron chi connectivity index (χ3n) is 2.23. The fraction of sp³-hybridized carbons (Fsp3) is 0.364. The van der Waals surface area contributed by atoms with Gasteiger partial charge in [-0.25, -0.2) is 8.42 Å². The summed E-state index contributed by atoms with van der Waals surface area (Å²) in [6.07, 6.45) is 0. The van der Waals surface area contributed by atoms with Gasteiger partial charge in [0.2, 0.25) is 0 Å². The highest BCUT2D eigenvalue weighted by molar-refractivity contribution is 7.91. The van der Waals surface area contributed by atoms with Crippen LogP contribution in [0.2, 0.25) is 0 Å². The molecule has 0 amide bonds. The maximum absolute atomic E-state index is 12.0. The van der Waals surface area contributed by atoms with Gasteiger partial charge in [0.15, 0.2) is 9.84 Å². The Labute approximate surface area is 107 Å². The monoisotopic (exact) mass is 274 g/mol. The van der Waals surface area contributed by atoms with Gasteiger partial charge in [0, 0.05) is 0 Å². The van der Waals surface area contributed by atoms with Crippen LogP contribution in [0.3, 0.4) is 0 Å². The van der Waals surface area contributed by atoms with E-state index in [0.29, 0.717) is 5.75 Å². The molecule has 0 fully saturated rings. The Morgan fingerprint density at radius 3 is 2.61 bits per heavy atom. The number of rotatable bonds is 5. The van der Waals surface area contributed by atoms with Crippen LogP contribution >= 0.6 is 0 Å². The summed E-state index contributed by atoms with van der Waals surface area (Å²) in [4.78, 5) is 10.9. The summed E-state index contributed by atoms with van der Waals surface area (Å²) in [5, 5.41) is 0. The van der Waals surface area contributed by atoms with Crippen LogP contribution in [0, 0.1) is 0 Å². The van der Waals surface area contributed by atoms with Crippen molar-refractivity contribution in [2.75, 3.05) is 20.0 Å². The molecule has 0 aliphatic heterocycles. The minimum atomic E-state index is -3.84. The SMILES string of the molecule is [2H]c1cc(OC)ccc1S(=O)(=O)C[C@H](N)C(=O)OC. The number of methoxy groups -OCH3 is 2. The Kier molecular flexibility index (Phi) is 4.16. The number of ether oxygens (including phenoxy) is 2. The van der Waals surface area contributed by atoms with Crippen LogP contribution < -0.4 is 10.5 Å². The normalized spacial score (nSPS) is 13.6. The third-order valence-corrected chi connectivity index (χ3v) is 3.95. The Morgan fingerprint density at radius 2 is 2.11 bits per heavy atom. The van der Waals surface area contributed by atoms with Gasteiger partial charge in [-0.1, -0.05) is 0 Å². The average molecular weight is 274 g/mol. The van der Waals surface area contributed by atoms with E-state index >= 15 is 0 Å². The molecule has 1 rings (SSSR count). The van der Waals surface area contributed by atoms with Crippen LogP contribution in [0.25, 0.3) is 0 Å². The van der Waals surface area contributed by atoms with E-state index < -0.39 is 27.6 Å². The zero-order valence-corrected chi connectivity index (χ0v) is 10.9. The molecule has 0 aromatic heterocycles. The molecule has 7 heteroatoms. The minimum Gasteiger partial charge on any atom is -0.497 e. The van der Waals surface area contributed by atoms with Crippen molar-refractivity contribution in [3.05, 3.63) is 24.2 Å². The molecule has 6 nitrogen and oxygen atoms in total. The molecule has 0 radical (unpaired) electrons. The highest BCUT2D eigenvalue weighted by atomic mass is 32.2. The van der Waals surface area contributed by atoms with Gasteiger partial charge in [-0.3, -0.25) is 4.79 Å². The van der Waals surface area contributed by atoms with Gasteiger partial charge in [0.25, 0.3) is 0 Å². The van der Waals surface area contributed by atoms with Gasteiger partial charge in [-0.15, -0.1) is 0 Å². The molecule has 0 heterocycles. The Morgan fingerprint density at radius 1 is 1.44 bits per heavy atom. The van der Waals surface area contributed by atoms with Gasteiger partial charge < -0.3 is 15.2 Å². The zero-order chi connectivity index (χ0) is 14.6. The van der Waals surface area contributed by atoms with E-state index in [4.69, 9.17) is 11.8 Å². The molecule has 0 bridgehead atoms. The van der Waals surface area contributed by atoms with Crippen molar-refractivity contribution in [1.82, 2.24) is 0 Å². The number of carbonyl (C=O) groups is 1. The molecule has 2 N–H and O–H groups in total. The summed E-state index contributed by atoms with van der Waals surface area (Å²) >= 11 is 0. The summed E-state index contributed by atoms with van der Waals surface area (Å²) in [5.41, 5.74) is 5.42. The molecule has 0 aliphatic rings. The second kappa shape index (κ2) is 5.83. The molecule has 18 heavy (non-hydrogen) atoms. The maximum Gasteiger partial charge on any atom is 0.323 e. The summed E-state index contributed by atoms with van der Waals surface area (Å²) in [6.45, 7) is 0. The summed E-state index contributed by atoms with van der Waals surface area (Å²) in [7, 11) is -1.30. The van der Waals surface area contributed by atoms with Crippen LogP contribution in [0.5, 0.6) is 5.75 Å². The van der Waals surface area contributed by atoms with E-state index in [-0.39, 0.29) is 10.9 Å². The van der Waals surface area contributed by atoms with Crippen LogP contribution in [0.4, 0.5) is 0 Å². The largest absolute Gasteiger partial charge is 0.497 e. The number of nitrogens with two attached hydrogens (primary N) is 1. The number of esters is 1. The van der Waals surface area contributed by atoms with E-state index in [2.05, 4.69) is 4.74 Å². The molecule has 0 saturated heterocycles. The molecule has 100 valence electrons. The van der Waals surface area contributed by atoms with Gasteiger partial charge in [0.05, 0.1) is 26.2 Å². The number of carbonyl (C=O) groups excluding carboxylic acids is 1. The second-order valence-electron chi connectivity index (χ2n) is 3.50. The van der Waals surface area contributed by atoms with Gasteiger partial charge >= 0.3 is 5.97 Å². The minimum absolute atomic E-state index is 0.201. The molecular weight excluding hydrogens is 258 g/mol. The fourth-order valence-corrected chi connectivity index (χ4v) is 2.56. The molecule has 1 aromatic carbocycles. The maximum atomic E-state index is 12.0. The lowest BCUT2D eigenvalue weighted by molar-refractivity contribution is -0.141. The van der Waals surface area contributed by atoms with E-state index in [9.17, 15) is 13.2 Å². The summed E-state index contributed by atoms with van der Waals surface area (Å²) in [5.74, 6) is -1.05. The molecular formula is C11H15NO5S. The van der Waals surface area contributed by atoms with Crippen LogP contribution in [-0.4, -0.2) is 40.4 Å². The number of hydrogen-bond acceptors (Lipinski definition) is 6. The first-order valence-electron chi connectivity index (χ1n) is 5.52. The Bertz CT molecular complexity index is 572. The predicted octanol–water partition coefficient (Wildman–Crippen LogP) is -0.0308. The molecule has 0 spiro atoms. The lowest BCUT2D eigenvalue weighted by Crippen LogP contribution is -2.38. The average Bonchev–Trinajstić information content (AvgIpc) is 2.36. The third kappa shape index (κ3) is 3.44. The number of sulfone groups is 1. The molecule has 1 aromatic rings. The number of hydrogen-bond donors (Lipinski definition) is 1. The first-order chi connectivity index (χ1) is 8.81. The van der Waals surface area contributed by atoms with Crippen molar-refractivity contribution in [1.29, 1.82) is 0 Å². The summed E-state index contributed by atoms with van der Waals surface area (Å²) < 4.78 is 41.0. The van der Waals surface area contributed by atoms with Crippen molar-refractivity contribution in [3.8, 4) is 5.75 Å². The van der Waals surface area contributed by atoms with Gasteiger partial charge in [-0.05, 0) is 24.2 Å². The van der Waals surface area contributed by atoms with Crippen molar-refractivity contribution >= 4 is 15.8 Å². The molecule has 0 saturated carbocycles. The van der Waals surface area contributed by atoms with Crippen molar-refractivity contribution in [2.24, 2.45) is 5.73 Å². The highest BCUT2D eigenvalue weighted by Gasteiger charge is 2.24. The Hall–Kier alpha value is -1.60. The van der Waals surface area contributed by atoms with Crippen LogP contribution in [-0.2, 0) is 19.4 Å². The lowest BCUT2D eigenvalue weighted by Gasteiger charge is -2.10. The first kappa shape index (κ1) is 12.8. The topological polar surface area (TPSA) is 95.7 Å². The first-order valence-corrected chi connectivity index (χ1v) is 6.68. The molecule has 1 atom stereocenters. The number of benzene rings is 1. The summed E-state index contributed by atoms with van der Waals surface area (Å²) in [6, 6.07) is 2.46. The van der Waals surface area contributed by atoms with Crippen molar-refractivity contribution in [3.63, 3.8) is 0 Å². The van der Waals surface area contributed by atoms with Gasteiger partial charge in [-0.2, -0.15) is 0 Å². The smallest absolute Gasteiger partial charge is 0.323 e. The predicted molar refractivity (Wildman–Crippen MR) is 65.0 cm³/mol. The Balaban J connectivity index is 3.04. The molecule has 0 aliphatic carbocycles. The van der Waals surface area contributed by atoms with Crippen molar-refractivity contribution < 1.29 is 24.1 Å². The standard InChI is InChI=1S/C11H15NO5S/c1-16-8-3-5-9(6-4-8)18(14,15)7-10(12)11(13)17-2/h3-6,10H,7,12H2,1-2H3/t10-/m0/s1/i5D. The van der Waals surface area contributed by atoms with Crippen LogP contribution in [0.15, 0.2) is 29.1 Å². The van der Waals surface area contributed by atoms with Gasteiger partial charge in [0.1, 0.15) is 11.8 Å². The van der Waals surface area contributed by atoms with Crippen molar-refractivity contribution in [2.45, 2.75) is 10.9 Å². The molecule has 0 unspecified atom stereocenters. The zero-order valence-electron chi connectivity index (χ0n) is 11.0. The van der Waals surface area contributed by atoms with E-state index in [1.54, 1.807) is 0 Å². The second-order valence-corrected chi connectivity index (χ2v) is 5.51. The van der Waals surface area contributed by atoms with E-state index in [1.807, 2.05) is 0 Å². The fourth-order valence-electron chi connectivity index (χ4n) is 1.26. The van der Waals surface area contributed by atoms with E-state index in [1.165, 1.54) is 25.3 Å². The lowest BCUT2D eigenvalue weighted by atomic mass is 10.3. The highest BCUT2D eigenvalue weighted by Crippen LogP contribution is 2.17. The van der Waals surface area contributed by atoms with Crippen LogP contribution in [0.1, 0.15) is 1.37 Å². The van der Waals surface area contributed by atoms with E-state index in [0.717, 1.165) is 7.11 Å². The quantitative estimate of drug-likeness (QED) is 0.757.